The number of imidazole rings is 1. The molecule has 0 N–H and O–H groups in total. The van der Waals surface area contributed by atoms with Crippen molar-refractivity contribution in [2.24, 2.45) is 7.05 Å². The van der Waals surface area contributed by atoms with E-state index in [9.17, 15) is 18.0 Å². The Morgan fingerprint density at radius 3 is 2.60 bits per heavy atom. The SMILES string of the molecule is Cc1nc(C)c(C(=O)N2CCC[C@H](c3nc(C(F)(F)F)cn3C)C2)o1. The average Bonchev–Trinajstić information content (AvgIpc) is 3.09. The summed E-state index contributed by atoms with van der Waals surface area (Å²) in [6, 6.07) is 0. The molecule has 1 saturated heterocycles. The molecule has 25 heavy (non-hydrogen) atoms. The molecule has 6 nitrogen and oxygen atoms in total. The number of likely N-dealkylation sites (tertiary alicyclic amines) is 1. The van der Waals surface area contributed by atoms with Crippen LogP contribution in [0.2, 0.25) is 0 Å². The second-order valence-electron chi connectivity index (χ2n) is 6.33. The minimum atomic E-state index is -4.48. The van der Waals surface area contributed by atoms with Gasteiger partial charge in [-0.25, -0.2) is 9.97 Å². The Labute approximate surface area is 142 Å². The van der Waals surface area contributed by atoms with Crippen molar-refractivity contribution in [2.45, 2.75) is 38.8 Å². The Kier molecular flexibility index (Phi) is 4.34. The van der Waals surface area contributed by atoms with Crippen LogP contribution in [-0.2, 0) is 13.2 Å². The second kappa shape index (κ2) is 6.20. The van der Waals surface area contributed by atoms with Gasteiger partial charge in [-0.2, -0.15) is 13.2 Å². The van der Waals surface area contributed by atoms with Crippen LogP contribution in [0.3, 0.4) is 0 Å². The molecule has 0 saturated carbocycles. The number of hydrogen-bond donors (Lipinski definition) is 0. The molecule has 2 aromatic rings. The van der Waals surface area contributed by atoms with Crippen molar-refractivity contribution in [1.82, 2.24) is 19.4 Å². The minimum absolute atomic E-state index is 0.189. The normalized spacial score (nSPS) is 18.6. The van der Waals surface area contributed by atoms with Gasteiger partial charge in [-0.05, 0) is 19.8 Å². The highest BCUT2D eigenvalue weighted by molar-refractivity contribution is 5.92. The molecule has 136 valence electrons. The molecule has 0 aromatic carbocycles. The van der Waals surface area contributed by atoms with Gasteiger partial charge in [0.15, 0.2) is 11.6 Å². The summed E-state index contributed by atoms with van der Waals surface area (Å²) in [7, 11) is 1.54. The molecular formula is C16H19F3N4O2. The number of aromatic nitrogens is 3. The number of oxazole rings is 1. The predicted molar refractivity (Wildman–Crippen MR) is 82.1 cm³/mol. The number of hydrogen-bond acceptors (Lipinski definition) is 4. The monoisotopic (exact) mass is 356 g/mol. The molecule has 0 aliphatic carbocycles. The van der Waals surface area contributed by atoms with Gasteiger partial charge >= 0.3 is 6.18 Å². The number of alkyl halides is 3. The van der Waals surface area contributed by atoms with Gasteiger partial charge in [0.2, 0.25) is 5.76 Å². The zero-order valence-electron chi connectivity index (χ0n) is 14.2. The maximum atomic E-state index is 12.9. The maximum absolute atomic E-state index is 12.9. The first-order valence-corrected chi connectivity index (χ1v) is 8.00. The largest absolute Gasteiger partial charge is 0.436 e. The van der Waals surface area contributed by atoms with Crippen LogP contribution < -0.4 is 0 Å². The lowest BCUT2D eigenvalue weighted by Crippen LogP contribution is -2.39. The fourth-order valence-corrected chi connectivity index (χ4v) is 3.24. The molecule has 2 aromatic heterocycles. The Bertz CT molecular complexity index is 794. The molecule has 3 rings (SSSR count). The number of amides is 1. The summed E-state index contributed by atoms with van der Waals surface area (Å²) in [6.07, 6.45) is -2.12. The number of aryl methyl sites for hydroxylation is 3. The van der Waals surface area contributed by atoms with E-state index in [1.165, 1.54) is 4.57 Å². The highest BCUT2D eigenvalue weighted by atomic mass is 19.4. The van der Waals surface area contributed by atoms with Crippen molar-refractivity contribution in [2.75, 3.05) is 13.1 Å². The molecule has 1 aliphatic heterocycles. The van der Waals surface area contributed by atoms with Crippen molar-refractivity contribution in [3.8, 4) is 0 Å². The van der Waals surface area contributed by atoms with E-state index in [1.54, 1.807) is 25.8 Å². The van der Waals surface area contributed by atoms with Crippen LogP contribution in [0, 0.1) is 13.8 Å². The van der Waals surface area contributed by atoms with Crippen LogP contribution in [0.4, 0.5) is 13.2 Å². The van der Waals surface area contributed by atoms with Crippen molar-refractivity contribution in [1.29, 1.82) is 0 Å². The van der Waals surface area contributed by atoms with Crippen LogP contribution in [0.1, 0.15) is 52.4 Å². The lowest BCUT2D eigenvalue weighted by atomic mass is 9.97. The van der Waals surface area contributed by atoms with Crippen LogP contribution in [0.25, 0.3) is 0 Å². The molecule has 1 amide bonds. The summed E-state index contributed by atoms with van der Waals surface area (Å²) in [5.41, 5.74) is -0.392. The highest BCUT2D eigenvalue weighted by Gasteiger charge is 2.37. The Balaban J connectivity index is 1.81. The minimum Gasteiger partial charge on any atom is -0.436 e. The zero-order chi connectivity index (χ0) is 18.4. The van der Waals surface area contributed by atoms with E-state index in [2.05, 4.69) is 9.97 Å². The van der Waals surface area contributed by atoms with Crippen LogP contribution >= 0.6 is 0 Å². The van der Waals surface area contributed by atoms with Gasteiger partial charge in [0, 0.05) is 39.2 Å². The maximum Gasteiger partial charge on any atom is 0.434 e. The molecule has 0 unspecified atom stereocenters. The molecule has 0 radical (unpaired) electrons. The van der Waals surface area contributed by atoms with Gasteiger partial charge in [0.25, 0.3) is 5.91 Å². The summed E-state index contributed by atoms with van der Waals surface area (Å²) in [5.74, 6) is 0.411. The quantitative estimate of drug-likeness (QED) is 0.830. The fourth-order valence-electron chi connectivity index (χ4n) is 3.24. The molecular weight excluding hydrogens is 337 g/mol. The Morgan fingerprint density at radius 2 is 2.04 bits per heavy atom. The smallest absolute Gasteiger partial charge is 0.434 e. The lowest BCUT2D eigenvalue weighted by Gasteiger charge is -2.31. The van der Waals surface area contributed by atoms with E-state index in [-0.39, 0.29) is 17.6 Å². The summed E-state index contributed by atoms with van der Waals surface area (Å²) in [4.78, 5) is 22.1. The Morgan fingerprint density at radius 1 is 1.32 bits per heavy atom. The number of piperidine rings is 1. The van der Waals surface area contributed by atoms with Crippen LogP contribution in [0.5, 0.6) is 0 Å². The predicted octanol–water partition coefficient (Wildman–Crippen LogP) is 3.06. The van der Waals surface area contributed by atoms with E-state index >= 15 is 0 Å². The topological polar surface area (TPSA) is 64.2 Å². The van der Waals surface area contributed by atoms with Crippen molar-refractivity contribution in [3.63, 3.8) is 0 Å². The average molecular weight is 356 g/mol. The third kappa shape index (κ3) is 3.40. The van der Waals surface area contributed by atoms with Crippen molar-refractivity contribution >= 4 is 5.91 Å². The summed E-state index contributed by atoms with van der Waals surface area (Å²) in [6.45, 7) is 4.19. The summed E-state index contributed by atoms with van der Waals surface area (Å²) < 4.78 is 45.4. The first-order chi connectivity index (χ1) is 11.7. The van der Waals surface area contributed by atoms with Crippen LogP contribution in [-0.4, -0.2) is 38.4 Å². The number of carbonyl (C=O) groups is 1. The number of halogens is 3. The highest BCUT2D eigenvalue weighted by Crippen LogP contribution is 2.32. The molecule has 1 fully saturated rings. The van der Waals surface area contributed by atoms with Crippen LogP contribution in [0.15, 0.2) is 10.6 Å². The third-order valence-corrected chi connectivity index (χ3v) is 4.37. The van der Waals surface area contributed by atoms with Gasteiger partial charge in [-0.1, -0.05) is 0 Å². The standard InChI is InChI=1S/C16H19F3N4O2/c1-9-13(25-10(2)20-9)15(24)23-6-4-5-11(7-23)14-21-12(8-22(14)3)16(17,18)19/h8,11H,4-7H2,1-3H3/t11-/m0/s1. The molecule has 1 atom stereocenters. The fraction of sp³-hybridized carbons (Fsp3) is 0.562. The van der Waals surface area contributed by atoms with Gasteiger partial charge in [-0.15, -0.1) is 0 Å². The lowest BCUT2D eigenvalue weighted by molar-refractivity contribution is -0.141. The molecule has 0 bridgehead atoms. The zero-order valence-corrected chi connectivity index (χ0v) is 14.2. The van der Waals surface area contributed by atoms with Crippen molar-refractivity contribution < 1.29 is 22.4 Å². The van der Waals surface area contributed by atoms with Gasteiger partial charge in [-0.3, -0.25) is 4.79 Å². The van der Waals surface area contributed by atoms with Gasteiger partial charge < -0.3 is 13.9 Å². The van der Waals surface area contributed by atoms with E-state index in [4.69, 9.17) is 4.42 Å². The second-order valence-corrected chi connectivity index (χ2v) is 6.33. The number of rotatable bonds is 2. The molecule has 1 aliphatic rings. The van der Waals surface area contributed by atoms with Crippen molar-refractivity contribution in [3.05, 3.63) is 35.1 Å². The van der Waals surface area contributed by atoms with E-state index < -0.39 is 11.9 Å². The first-order valence-electron chi connectivity index (χ1n) is 8.00. The van der Waals surface area contributed by atoms with E-state index in [0.29, 0.717) is 43.3 Å². The van der Waals surface area contributed by atoms with E-state index in [0.717, 1.165) is 6.20 Å². The molecule has 9 heteroatoms. The third-order valence-electron chi connectivity index (χ3n) is 4.37. The summed E-state index contributed by atoms with van der Waals surface area (Å²) >= 11 is 0. The summed E-state index contributed by atoms with van der Waals surface area (Å²) in [5, 5.41) is 0. The van der Waals surface area contributed by atoms with E-state index in [1.807, 2.05) is 0 Å². The number of nitrogens with zero attached hydrogens (tertiary/aromatic N) is 4. The molecule has 3 heterocycles. The number of carbonyl (C=O) groups excluding carboxylic acids is 1. The Hall–Kier alpha value is -2.32. The van der Waals surface area contributed by atoms with Gasteiger partial charge in [0.05, 0.1) is 5.69 Å². The molecule has 0 spiro atoms. The van der Waals surface area contributed by atoms with Gasteiger partial charge in [0.1, 0.15) is 5.82 Å². The first kappa shape index (κ1) is 17.5.